The summed E-state index contributed by atoms with van der Waals surface area (Å²) in [5, 5.41) is 5.47. The van der Waals surface area contributed by atoms with Crippen LogP contribution < -0.4 is 15.4 Å². The number of ether oxygens (including phenoxy) is 11. The first-order chi connectivity index (χ1) is 45.1. The Hall–Kier alpha value is -8.11. The van der Waals surface area contributed by atoms with Crippen LogP contribution in [0.15, 0.2) is 84.9 Å². The van der Waals surface area contributed by atoms with Crippen molar-refractivity contribution < 1.29 is 80.9 Å². The maximum atomic E-state index is 13.4. The van der Waals surface area contributed by atoms with Gasteiger partial charge in [0, 0.05) is 64.5 Å². The molecule has 2 amide bonds. The molecule has 0 fully saturated rings. The molecule has 5 aromatic rings. The van der Waals surface area contributed by atoms with Gasteiger partial charge >= 0.3 is 30.0 Å². The standard InChI is InChI=1S/C70H99N9O17/c1-66(2,3)92-61(81)56-24-16-20-49(74-56)42-78(43-50-21-17-25-57(75-50)62(82)93-67(4,5)6)46-53-40-55(91-48-60(80)71-28-30-86-32-34-88-36-38-90-39-37-89-35-33-87-31-29-72-65(85)96-70(13,14)15)41-54(73-53)47-79(44-51-22-18-26-58(76-51)63(83)94-68(7,8)9)45-52-23-19-27-59(77-52)64(84)95-69(10,11)12/h16-27,40-41H,28-39,42-48H2,1-15H3,(H,71,80)(H,72,85). The van der Waals surface area contributed by atoms with Gasteiger partial charge in [-0.1, -0.05) is 24.3 Å². The van der Waals surface area contributed by atoms with E-state index in [1.165, 1.54) is 0 Å². The summed E-state index contributed by atoms with van der Waals surface area (Å²) in [6, 6.07) is 23.8. The predicted octanol–water partition coefficient (Wildman–Crippen LogP) is 8.99. The third-order valence-corrected chi connectivity index (χ3v) is 12.2. The van der Waals surface area contributed by atoms with Gasteiger partial charge < -0.3 is 62.7 Å². The number of pyridine rings is 5. The number of amides is 2. The summed E-state index contributed by atoms with van der Waals surface area (Å²) in [7, 11) is 0. The molecule has 96 heavy (non-hydrogen) atoms. The van der Waals surface area contributed by atoms with Crippen molar-refractivity contribution in [2.45, 2.75) is 171 Å². The number of hydrogen-bond acceptors (Lipinski definition) is 24. The van der Waals surface area contributed by atoms with E-state index >= 15 is 0 Å². The van der Waals surface area contributed by atoms with Gasteiger partial charge in [-0.3, -0.25) is 19.6 Å². The van der Waals surface area contributed by atoms with E-state index in [1.807, 2.05) is 9.80 Å². The van der Waals surface area contributed by atoms with Crippen molar-refractivity contribution in [1.29, 1.82) is 0 Å². The number of aromatic nitrogens is 5. The van der Waals surface area contributed by atoms with Crippen molar-refractivity contribution in [3.05, 3.63) is 142 Å². The molecule has 5 rings (SSSR count). The second kappa shape index (κ2) is 38.0. The van der Waals surface area contributed by atoms with E-state index < -0.39 is 63.9 Å². The minimum absolute atomic E-state index is 0.111. The first-order valence-electron chi connectivity index (χ1n) is 32.1. The molecule has 526 valence electrons. The van der Waals surface area contributed by atoms with Crippen molar-refractivity contribution >= 4 is 35.9 Å². The molecular weight excluding hydrogens is 1240 g/mol. The Morgan fingerprint density at radius 1 is 0.344 bits per heavy atom. The van der Waals surface area contributed by atoms with Gasteiger partial charge in [-0.25, -0.2) is 43.9 Å². The molecule has 5 aromatic heterocycles. The van der Waals surface area contributed by atoms with Crippen molar-refractivity contribution in [3.8, 4) is 5.75 Å². The average molecular weight is 1340 g/mol. The smallest absolute Gasteiger partial charge is 0.407 e. The van der Waals surface area contributed by atoms with Crippen LogP contribution in [0.3, 0.4) is 0 Å². The molecule has 0 aliphatic rings. The number of alkyl carbamates (subject to hydrolysis) is 1. The summed E-state index contributed by atoms with van der Waals surface area (Å²) in [4.78, 5) is 106. The Kier molecular flexibility index (Phi) is 31.1. The van der Waals surface area contributed by atoms with Gasteiger partial charge in [-0.2, -0.15) is 0 Å². The van der Waals surface area contributed by atoms with Gasteiger partial charge in [0.05, 0.1) is 100 Å². The van der Waals surface area contributed by atoms with E-state index in [0.29, 0.717) is 99.3 Å². The minimum atomic E-state index is -0.771. The van der Waals surface area contributed by atoms with E-state index in [2.05, 4.69) is 10.6 Å². The van der Waals surface area contributed by atoms with Crippen molar-refractivity contribution in [3.63, 3.8) is 0 Å². The SMILES string of the molecule is CC(C)(C)OC(=O)NCCOCCOCCOCCOCCOCCNC(=O)COc1cc(CN(Cc2cccc(C(=O)OC(C)(C)C)n2)Cc2cccc(C(=O)OC(C)(C)C)n2)nc(CN(Cc2cccc(C(=O)OC(C)(C)C)n2)Cc2cccc(C(=O)OC(C)(C)C)n2)c1. The van der Waals surface area contributed by atoms with Crippen LogP contribution in [-0.2, 0) is 91.4 Å². The summed E-state index contributed by atoms with van der Waals surface area (Å²) in [5.74, 6) is -2.49. The number of rotatable bonds is 37. The normalized spacial score (nSPS) is 12.1. The highest BCUT2D eigenvalue weighted by Crippen LogP contribution is 2.23. The summed E-state index contributed by atoms with van der Waals surface area (Å²) >= 11 is 0. The highest BCUT2D eigenvalue weighted by molar-refractivity contribution is 5.89. The number of nitrogens with zero attached hydrogens (tertiary/aromatic N) is 7. The summed E-state index contributed by atoms with van der Waals surface area (Å²) in [5.41, 5.74) is -0.159. The topological polar surface area (TPSA) is 299 Å². The Bertz CT molecular complexity index is 2980. The Balaban J connectivity index is 1.33. The lowest BCUT2D eigenvalue weighted by molar-refractivity contribution is -0.123. The number of nitrogens with one attached hydrogen (secondary N) is 2. The molecule has 26 heteroatoms. The number of carbonyl (C=O) groups is 6. The fourth-order valence-electron chi connectivity index (χ4n) is 8.60. The second-order valence-corrected chi connectivity index (χ2v) is 27.3. The molecular formula is C70H99N9O17. The number of hydrogen-bond donors (Lipinski definition) is 2. The fourth-order valence-corrected chi connectivity index (χ4v) is 8.60. The molecule has 0 aromatic carbocycles. The average Bonchev–Trinajstić information content (AvgIpc) is 0.861. The first-order valence-corrected chi connectivity index (χ1v) is 32.1. The second-order valence-electron chi connectivity index (χ2n) is 27.3. The van der Waals surface area contributed by atoms with E-state index in [1.54, 1.807) is 189 Å². The Labute approximate surface area is 564 Å². The lowest BCUT2D eigenvalue weighted by atomic mass is 10.2. The van der Waals surface area contributed by atoms with E-state index in [-0.39, 0.29) is 88.4 Å². The van der Waals surface area contributed by atoms with E-state index in [4.69, 9.17) is 77.0 Å². The first kappa shape index (κ1) is 78.6. The van der Waals surface area contributed by atoms with Crippen LogP contribution in [0.2, 0.25) is 0 Å². The van der Waals surface area contributed by atoms with Crippen LogP contribution in [0.1, 0.15) is 180 Å². The Morgan fingerprint density at radius 3 is 0.906 bits per heavy atom. The molecule has 0 saturated carbocycles. The molecule has 0 aliphatic heterocycles. The number of esters is 4. The van der Waals surface area contributed by atoms with Gasteiger partial charge in [-0.05, 0) is 152 Å². The molecule has 2 N–H and O–H groups in total. The molecule has 0 unspecified atom stereocenters. The highest BCUT2D eigenvalue weighted by Gasteiger charge is 2.26. The zero-order valence-corrected chi connectivity index (χ0v) is 58.6. The third kappa shape index (κ3) is 33.5. The molecule has 0 saturated heterocycles. The third-order valence-electron chi connectivity index (χ3n) is 12.2. The fraction of sp³-hybridized carbons (Fsp3) is 0.557. The van der Waals surface area contributed by atoms with Gasteiger partial charge in [0.25, 0.3) is 5.91 Å². The van der Waals surface area contributed by atoms with E-state index in [9.17, 15) is 28.8 Å². The van der Waals surface area contributed by atoms with E-state index in [0.717, 1.165) is 0 Å². The minimum Gasteiger partial charge on any atom is -0.484 e. The molecule has 0 spiro atoms. The van der Waals surface area contributed by atoms with Crippen LogP contribution in [0, 0.1) is 0 Å². The maximum absolute atomic E-state index is 13.4. The van der Waals surface area contributed by atoms with Crippen LogP contribution in [0.5, 0.6) is 5.75 Å². The lowest BCUT2D eigenvalue weighted by Gasteiger charge is -2.25. The van der Waals surface area contributed by atoms with Crippen LogP contribution in [0.25, 0.3) is 0 Å². The zero-order valence-electron chi connectivity index (χ0n) is 58.6. The van der Waals surface area contributed by atoms with Crippen LogP contribution in [-0.4, -0.2) is 184 Å². The Morgan fingerprint density at radius 2 is 0.615 bits per heavy atom. The van der Waals surface area contributed by atoms with Crippen molar-refractivity contribution in [2.24, 2.45) is 0 Å². The lowest BCUT2D eigenvalue weighted by Crippen LogP contribution is -2.34. The molecule has 0 aliphatic carbocycles. The summed E-state index contributed by atoms with van der Waals surface area (Å²) < 4.78 is 62.0. The van der Waals surface area contributed by atoms with Gasteiger partial charge in [0.1, 0.15) is 56.5 Å². The van der Waals surface area contributed by atoms with Crippen LogP contribution >= 0.6 is 0 Å². The largest absolute Gasteiger partial charge is 0.484 e. The summed E-state index contributed by atoms with van der Waals surface area (Å²) in [6.45, 7) is 31.1. The summed E-state index contributed by atoms with van der Waals surface area (Å²) in [6.07, 6.45) is -0.492. The zero-order chi connectivity index (χ0) is 70.5. The van der Waals surface area contributed by atoms with Crippen LogP contribution in [0.4, 0.5) is 4.79 Å². The van der Waals surface area contributed by atoms with Crippen molar-refractivity contribution in [2.75, 3.05) is 85.8 Å². The number of carbonyl (C=O) groups excluding carboxylic acids is 6. The van der Waals surface area contributed by atoms with Gasteiger partial charge in [-0.15, -0.1) is 0 Å². The molecule has 26 nitrogen and oxygen atoms in total. The van der Waals surface area contributed by atoms with Gasteiger partial charge in [0.15, 0.2) is 6.61 Å². The monoisotopic (exact) mass is 1340 g/mol. The maximum Gasteiger partial charge on any atom is 0.407 e. The quantitative estimate of drug-likeness (QED) is 0.0213. The van der Waals surface area contributed by atoms with Crippen molar-refractivity contribution in [1.82, 2.24) is 45.4 Å². The predicted molar refractivity (Wildman–Crippen MR) is 355 cm³/mol. The molecule has 5 heterocycles. The molecule has 0 atom stereocenters. The molecule has 0 bridgehead atoms. The van der Waals surface area contributed by atoms with Gasteiger partial charge in [0.2, 0.25) is 0 Å². The molecule has 0 radical (unpaired) electrons. The highest BCUT2D eigenvalue weighted by atomic mass is 16.6.